The molecule has 0 radical (unpaired) electrons. The minimum absolute atomic E-state index is 0.282. The van der Waals surface area contributed by atoms with Gasteiger partial charge in [0, 0.05) is 11.4 Å². The summed E-state index contributed by atoms with van der Waals surface area (Å²) in [6.07, 6.45) is 8.32. The van der Waals surface area contributed by atoms with Gasteiger partial charge in [-0.3, -0.25) is 14.7 Å². The molecule has 0 unspecified atom stereocenters. The first kappa shape index (κ1) is 23.1. The Hall–Kier alpha value is -2.19. The summed E-state index contributed by atoms with van der Waals surface area (Å²) >= 11 is 1.94. The molecule has 0 amide bonds. The van der Waals surface area contributed by atoms with E-state index in [1.807, 2.05) is 23.9 Å². The van der Waals surface area contributed by atoms with Crippen molar-refractivity contribution in [3.8, 4) is 11.6 Å². The number of benzene rings is 1. The number of aromatic hydroxyl groups is 1. The molecular formula is C21H31N3O4S. The quantitative estimate of drug-likeness (QED) is 0.227. The van der Waals surface area contributed by atoms with Gasteiger partial charge in [0.2, 0.25) is 5.88 Å². The van der Waals surface area contributed by atoms with Crippen LogP contribution in [0.3, 0.4) is 0 Å². The highest BCUT2D eigenvalue weighted by molar-refractivity contribution is 7.99. The van der Waals surface area contributed by atoms with Crippen LogP contribution in [0.2, 0.25) is 0 Å². The van der Waals surface area contributed by atoms with E-state index in [0.29, 0.717) is 25.3 Å². The Kier molecular flexibility index (Phi) is 10.4. The van der Waals surface area contributed by atoms with Gasteiger partial charge in [-0.2, -0.15) is 11.8 Å². The maximum absolute atomic E-state index is 11.6. The summed E-state index contributed by atoms with van der Waals surface area (Å²) in [5.41, 5.74) is 0.501. The fourth-order valence-electron chi connectivity index (χ4n) is 2.87. The third kappa shape index (κ3) is 7.62. The van der Waals surface area contributed by atoms with Crippen LogP contribution in [0.5, 0.6) is 5.88 Å². The molecule has 0 saturated heterocycles. The molecule has 7 nitrogen and oxygen atoms in total. The SMILES string of the molecule is CCCCCCCCSCCOCNc1ccc(-n2[nH]c(=O)c(C=O)c2O)cc1. The second-order valence-electron chi connectivity index (χ2n) is 6.79. The second-order valence-corrected chi connectivity index (χ2v) is 8.01. The van der Waals surface area contributed by atoms with E-state index in [4.69, 9.17) is 4.74 Å². The number of anilines is 1. The van der Waals surface area contributed by atoms with Gasteiger partial charge in [0.15, 0.2) is 6.29 Å². The number of thioether (sulfide) groups is 1. The predicted molar refractivity (Wildman–Crippen MR) is 119 cm³/mol. The number of aromatic nitrogens is 2. The minimum atomic E-state index is -0.623. The summed E-state index contributed by atoms with van der Waals surface area (Å²) in [5.74, 6) is 1.80. The molecular weight excluding hydrogens is 390 g/mol. The van der Waals surface area contributed by atoms with Crippen molar-refractivity contribution in [3.05, 3.63) is 40.2 Å². The fraction of sp³-hybridized carbons (Fsp3) is 0.524. The van der Waals surface area contributed by atoms with Crippen LogP contribution in [0.25, 0.3) is 5.69 Å². The van der Waals surface area contributed by atoms with Crippen LogP contribution < -0.4 is 10.9 Å². The van der Waals surface area contributed by atoms with Gasteiger partial charge in [-0.15, -0.1) is 0 Å². The topological polar surface area (TPSA) is 96.4 Å². The number of H-pyrrole nitrogens is 1. The lowest BCUT2D eigenvalue weighted by Crippen LogP contribution is -2.09. The van der Waals surface area contributed by atoms with E-state index in [9.17, 15) is 14.7 Å². The highest BCUT2D eigenvalue weighted by Crippen LogP contribution is 2.19. The molecule has 160 valence electrons. The average molecular weight is 422 g/mol. The molecule has 0 aliphatic heterocycles. The van der Waals surface area contributed by atoms with Crippen LogP contribution in [-0.2, 0) is 4.74 Å². The first-order valence-corrected chi connectivity index (χ1v) is 11.3. The number of ether oxygens (including phenoxy) is 1. The van der Waals surface area contributed by atoms with E-state index in [1.165, 1.54) is 49.0 Å². The minimum Gasteiger partial charge on any atom is -0.493 e. The van der Waals surface area contributed by atoms with Gasteiger partial charge in [-0.05, 0) is 36.4 Å². The molecule has 0 aliphatic carbocycles. The lowest BCUT2D eigenvalue weighted by atomic mass is 10.1. The highest BCUT2D eigenvalue weighted by atomic mass is 32.2. The van der Waals surface area contributed by atoms with E-state index < -0.39 is 11.4 Å². The van der Waals surface area contributed by atoms with E-state index in [2.05, 4.69) is 17.3 Å². The highest BCUT2D eigenvalue weighted by Gasteiger charge is 2.13. The number of aromatic amines is 1. The van der Waals surface area contributed by atoms with Crippen molar-refractivity contribution in [1.82, 2.24) is 9.78 Å². The number of carbonyl (C=O) groups is 1. The van der Waals surface area contributed by atoms with Crippen molar-refractivity contribution in [2.75, 3.05) is 30.2 Å². The molecule has 0 aliphatic rings. The van der Waals surface area contributed by atoms with Crippen LogP contribution >= 0.6 is 11.8 Å². The molecule has 2 aromatic rings. The number of unbranched alkanes of at least 4 members (excludes halogenated alkanes) is 5. The molecule has 0 fully saturated rings. The number of hydrogen-bond donors (Lipinski definition) is 3. The summed E-state index contributed by atoms with van der Waals surface area (Å²) in [7, 11) is 0. The van der Waals surface area contributed by atoms with E-state index >= 15 is 0 Å². The number of aldehydes is 1. The number of rotatable bonds is 15. The maximum atomic E-state index is 11.6. The summed E-state index contributed by atoms with van der Waals surface area (Å²) in [6.45, 7) is 3.36. The van der Waals surface area contributed by atoms with E-state index in [1.54, 1.807) is 12.1 Å². The maximum Gasteiger partial charge on any atom is 0.279 e. The monoisotopic (exact) mass is 421 g/mol. The normalized spacial score (nSPS) is 10.9. The predicted octanol–water partition coefficient (Wildman–Crippen LogP) is 4.16. The standard InChI is InChI=1S/C21H31N3O4S/c1-2-3-4-5-6-7-13-29-14-12-28-16-22-17-8-10-18(11-9-17)24-21(27)19(15-25)20(26)23-24/h8-11,15,22,27H,2-7,12-14,16H2,1H3,(H,23,26). The van der Waals surface area contributed by atoms with Gasteiger partial charge in [-0.25, -0.2) is 4.68 Å². The third-order valence-electron chi connectivity index (χ3n) is 4.55. The lowest BCUT2D eigenvalue weighted by molar-refractivity contribution is 0.112. The number of nitrogens with one attached hydrogen (secondary N) is 2. The van der Waals surface area contributed by atoms with Gasteiger partial charge < -0.3 is 15.2 Å². The van der Waals surface area contributed by atoms with Crippen LogP contribution in [0.4, 0.5) is 5.69 Å². The van der Waals surface area contributed by atoms with Crippen molar-refractivity contribution in [2.24, 2.45) is 0 Å². The van der Waals surface area contributed by atoms with E-state index in [0.717, 1.165) is 11.4 Å². The summed E-state index contributed by atoms with van der Waals surface area (Å²) in [5, 5.41) is 15.5. The van der Waals surface area contributed by atoms with Gasteiger partial charge in [0.1, 0.15) is 12.3 Å². The second kappa shape index (κ2) is 13.1. The van der Waals surface area contributed by atoms with Gasteiger partial charge >= 0.3 is 0 Å². The largest absolute Gasteiger partial charge is 0.493 e. The van der Waals surface area contributed by atoms with Crippen molar-refractivity contribution in [3.63, 3.8) is 0 Å². The lowest BCUT2D eigenvalue weighted by Gasteiger charge is -2.09. The first-order valence-electron chi connectivity index (χ1n) is 10.2. The molecule has 3 N–H and O–H groups in total. The Bertz CT molecular complexity index is 786. The van der Waals surface area contributed by atoms with Crippen molar-refractivity contribution in [2.45, 2.75) is 45.4 Å². The number of hydrogen-bond acceptors (Lipinski definition) is 6. The first-order chi connectivity index (χ1) is 14.2. The van der Waals surface area contributed by atoms with Crippen LogP contribution in [0, 0.1) is 0 Å². The van der Waals surface area contributed by atoms with Gasteiger partial charge in [0.05, 0.1) is 12.3 Å². The summed E-state index contributed by atoms with van der Waals surface area (Å²) in [4.78, 5) is 22.4. The Morgan fingerprint density at radius 2 is 1.86 bits per heavy atom. The van der Waals surface area contributed by atoms with Crippen LogP contribution in [-0.4, -0.2) is 46.0 Å². The molecule has 1 heterocycles. The molecule has 1 aromatic heterocycles. The Labute approximate surface area is 175 Å². The van der Waals surface area contributed by atoms with Crippen LogP contribution in [0.15, 0.2) is 29.1 Å². The smallest absolute Gasteiger partial charge is 0.279 e. The molecule has 8 heteroatoms. The van der Waals surface area contributed by atoms with E-state index in [-0.39, 0.29) is 5.56 Å². The van der Waals surface area contributed by atoms with Gasteiger partial charge in [0.25, 0.3) is 5.56 Å². The number of nitrogens with zero attached hydrogens (tertiary/aromatic N) is 1. The fourth-order valence-corrected chi connectivity index (χ4v) is 3.72. The Morgan fingerprint density at radius 1 is 1.14 bits per heavy atom. The molecule has 29 heavy (non-hydrogen) atoms. The number of carbonyl (C=O) groups excluding carboxylic acids is 1. The molecule has 2 rings (SSSR count). The van der Waals surface area contributed by atoms with Crippen molar-refractivity contribution >= 4 is 23.7 Å². The molecule has 0 spiro atoms. The van der Waals surface area contributed by atoms with Crippen molar-refractivity contribution in [1.29, 1.82) is 0 Å². The Balaban J connectivity index is 1.60. The average Bonchev–Trinajstić information content (AvgIpc) is 3.02. The zero-order chi connectivity index (χ0) is 20.9. The molecule has 0 saturated carbocycles. The van der Waals surface area contributed by atoms with Crippen molar-refractivity contribution < 1.29 is 14.6 Å². The summed E-state index contributed by atoms with van der Waals surface area (Å²) in [6, 6.07) is 7.07. The Morgan fingerprint density at radius 3 is 2.55 bits per heavy atom. The van der Waals surface area contributed by atoms with Crippen LogP contribution in [0.1, 0.15) is 55.8 Å². The molecule has 0 bridgehead atoms. The van der Waals surface area contributed by atoms with Gasteiger partial charge in [-0.1, -0.05) is 39.0 Å². The zero-order valence-electron chi connectivity index (χ0n) is 17.0. The third-order valence-corrected chi connectivity index (χ3v) is 5.58. The molecule has 1 aromatic carbocycles. The zero-order valence-corrected chi connectivity index (χ0v) is 17.8. The molecule has 0 atom stereocenters. The summed E-state index contributed by atoms with van der Waals surface area (Å²) < 4.78 is 6.78.